The molecule has 1 aromatic rings. The number of nitrogens with zero attached hydrogens (tertiary/aromatic N) is 1. The summed E-state index contributed by atoms with van der Waals surface area (Å²) in [6, 6.07) is 3.58. The maximum Gasteiger partial charge on any atom is 0.416 e. The summed E-state index contributed by atoms with van der Waals surface area (Å²) in [4.78, 5) is 2.22. The molecule has 0 saturated carbocycles. The average Bonchev–Trinajstić information content (AvgIpc) is 2.45. The Morgan fingerprint density at radius 2 is 1.91 bits per heavy atom. The Morgan fingerprint density at radius 1 is 1.27 bits per heavy atom. The molecule has 2 rings (SSSR count). The Morgan fingerprint density at radius 3 is 2.45 bits per heavy atom. The molecule has 0 aromatic heterocycles. The van der Waals surface area contributed by atoms with Gasteiger partial charge in [0.1, 0.15) is 0 Å². The van der Waals surface area contributed by atoms with Crippen molar-refractivity contribution >= 4 is 24.0 Å². The topological polar surface area (TPSA) is 15.3 Å². The highest BCUT2D eigenvalue weighted by Crippen LogP contribution is 2.37. The molecule has 1 fully saturated rings. The Bertz CT molecular complexity index is 474. The molecule has 0 bridgehead atoms. The summed E-state index contributed by atoms with van der Waals surface area (Å²) in [7, 11) is 0. The van der Waals surface area contributed by atoms with Gasteiger partial charge in [0.05, 0.1) is 5.56 Å². The summed E-state index contributed by atoms with van der Waals surface area (Å²) in [6.45, 7) is 5.42. The molecule has 22 heavy (non-hydrogen) atoms. The third-order valence-corrected chi connectivity index (χ3v) is 4.18. The quantitative estimate of drug-likeness (QED) is 0.852. The van der Waals surface area contributed by atoms with Gasteiger partial charge in [-0.05, 0) is 30.2 Å². The standard InChI is InChI=1S/C15H20ClF3N2.ClH/c1-2-3-14(21-8-6-20-7-9-21)12-10-11(15(17,18)19)4-5-13(12)16;/h4-5,10,14,20H,2-3,6-9H2,1H3;1H/t14-;/m0./s1. The predicted octanol–water partition coefficient (Wildman–Crippen LogP) is 4.53. The van der Waals surface area contributed by atoms with E-state index in [0.29, 0.717) is 10.6 Å². The molecule has 1 atom stereocenters. The van der Waals surface area contributed by atoms with Crippen molar-refractivity contribution in [3.63, 3.8) is 0 Å². The molecule has 1 heterocycles. The van der Waals surface area contributed by atoms with Crippen LogP contribution in [0, 0.1) is 0 Å². The van der Waals surface area contributed by atoms with Crippen LogP contribution in [-0.4, -0.2) is 31.1 Å². The summed E-state index contributed by atoms with van der Waals surface area (Å²) in [5.74, 6) is 0. The number of benzene rings is 1. The largest absolute Gasteiger partial charge is 0.416 e. The van der Waals surface area contributed by atoms with Crippen molar-refractivity contribution in [3.05, 3.63) is 34.3 Å². The van der Waals surface area contributed by atoms with Crippen molar-refractivity contribution in [3.8, 4) is 0 Å². The normalized spacial score (nSPS) is 17.9. The van der Waals surface area contributed by atoms with Crippen molar-refractivity contribution in [2.75, 3.05) is 26.2 Å². The molecule has 1 saturated heterocycles. The van der Waals surface area contributed by atoms with Crippen LogP contribution < -0.4 is 5.32 Å². The van der Waals surface area contributed by atoms with Gasteiger partial charge in [-0.25, -0.2) is 0 Å². The van der Waals surface area contributed by atoms with Gasteiger partial charge >= 0.3 is 6.18 Å². The average molecular weight is 357 g/mol. The minimum atomic E-state index is -4.33. The van der Waals surface area contributed by atoms with Crippen molar-refractivity contribution in [1.29, 1.82) is 0 Å². The molecule has 2 nitrogen and oxygen atoms in total. The Labute approximate surface area is 140 Å². The zero-order valence-electron chi connectivity index (χ0n) is 12.4. The summed E-state index contributed by atoms with van der Waals surface area (Å²) in [5, 5.41) is 3.68. The smallest absolute Gasteiger partial charge is 0.314 e. The SMILES string of the molecule is CCC[C@@H](c1cc(C(F)(F)F)ccc1Cl)N1CCNCC1.Cl. The van der Waals surface area contributed by atoms with E-state index in [0.717, 1.165) is 45.1 Å². The number of rotatable bonds is 4. The lowest BCUT2D eigenvalue weighted by molar-refractivity contribution is -0.137. The molecule has 1 N–H and O–H groups in total. The highest BCUT2D eigenvalue weighted by molar-refractivity contribution is 6.31. The third kappa shape index (κ3) is 4.75. The molecular formula is C15H21Cl2F3N2. The van der Waals surface area contributed by atoms with Crippen LogP contribution in [0.5, 0.6) is 0 Å². The van der Waals surface area contributed by atoms with E-state index in [9.17, 15) is 13.2 Å². The molecule has 0 aliphatic carbocycles. The molecule has 126 valence electrons. The van der Waals surface area contributed by atoms with E-state index in [1.165, 1.54) is 12.1 Å². The number of hydrogen-bond donors (Lipinski definition) is 1. The summed E-state index contributed by atoms with van der Waals surface area (Å²) in [6.07, 6.45) is -2.62. The van der Waals surface area contributed by atoms with Gasteiger partial charge in [-0.3, -0.25) is 4.90 Å². The van der Waals surface area contributed by atoms with Gasteiger partial charge in [0.15, 0.2) is 0 Å². The van der Waals surface area contributed by atoms with Crippen LogP contribution in [0.15, 0.2) is 18.2 Å². The van der Waals surface area contributed by atoms with Crippen LogP contribution in [0.3, 0.4) is 0 Å². The van der Waals surface area contributed by atoms with Gasteiger partial charge in [0.25, 0.3) is 0 Å². The number of hydrogen-bond acceptors (Lipinski definition) is 2. The lowest BCUT2D eigenvalue weighted by Crippen LogP contribution is -2.45. The van der Waals surface area contributed by atoms with E-state index in [4.69, 9.17) is 11.6 Å². The van der Waals surface area contributed by atoms with E-state index in [2.05, 4.69) is 10.2 Å². The number of alkyl halides is 3. The Kier molecular flexibility index (Phi) is 7.46. The fourth-order valence-corrected chi connectivity index (χ4v) is 3.02. The first-order chi connectivity index (χ1) is 9.93. The number of nitrogens with one attached hydrogen (secondary N) is 1. The molecule has 1 aliphatic heterocycles. The van der Waals surface area contributed by atoms with Crippen molar-refractivity contribution in [1.82, 2.24) is 10.2 Å². The summed E-state index contributed by atoms with van der Waals surface area (Å²) >= 11 is 6.19. The van der Waals surface area contributed by atoms with Crippen LogP contribution in [-0.2, 0) is 6.18 Å². The van der Waals surface area contributed by atoms with Gasteiger partial charge in [-0.1, -0.05) is 24.9 Å². The highest BCUT2D eigenvalue weighted by atomic mass is 35.5. The zero-order chi connectivity index (χ0) is 15.5. The van der Waals surface area contributed by atoms with Crippen molar-refractivity contribution < 1.29 is 13.2 Å². The molecule has 0 unspecified atom stereocenters. The first kappa shape index (κ1) is 19.6. The second kappa shape index (κ2) is 8.39. The lowest BCUT2D eigenvalue weighted by Gasteiger charge is -2.35. The monoisotopic (exact) mass is 356 g/mol. The number of piperazine rings is 1. The summed E-state index contributed by atoms with van der Waals surface area (Å²) in [5.41, 5.74) is -0.0339. The van der Waals surface area contributed by atoms with E-state index in [-0.39, 0.29) is 18.4 Å². The van der Waals surface area contributed by atoms with Crippen LogP contribution in [0.4, 0.5) is 13.2 Å². The maximum absolute atomic E-state index is 12.9. The second-order valence-electron chi connectivity index (χ2n) is 5.32. The lowest BCUT2D eigenvalue weighted by atomic mass is 9.97. The first-order valence-electron chi connectivity index (χ1n) is 7.25. The molecular weight excluding hydrogens is 336 g/mol. The van der Waals surface area contributed by atoms with Gasteiger partial charge < -0.3 is 5.32 Å². The fourth-order valence-electron chi connectivity index (χ4n) is 2.78. The van der Waals surface area contributed by atoms with E-state index < -0.39 is 11.7 Å². The van der Waals surface area contributed by atoms with Crippen LogP contribution in [0.1, 0.15) is 36.9 Å². The maximum atomic E-state index is 12.9. The Hall–Kier alpha value is -0.490. The molecule has 7 heteroatoms. The van der Waals surface area contributed by atoms with E-state index >= 15 is 0 Å². The third-order valence-electron chi connectivity index (χ3n) is 3.84. The van der Waals surface area contributed by atoms with Crippen LogP contribution in [0.25, 0.3) is 0 Å². The minimum Gasteiger partial charge on any atom is -0.314 e. The van der Waals surface area contributed by atoms with Crippen molar-refractivity contribution in [2.24, 2.45) is 0 Å². The predicted molar refractivity (Wildman–Crippen MR) is 85.8 cm³/mol. The van der Waals surface area contributed by atoms with E-state index in [1.54, 1.807) is 0 Å². The van der Waals surface area contributed by atoms with Crippen LogP contribution >= 0.6 is 24.0 Å². The molecule has 0 amide bonds. The zero-order valence-corrected chi connectivity index (χ0v) is 14.0. The highest BCUT2D eigenvalue weighted by Gasteiger charge is 2.32. The second-order valence-corrected chi connectivity index (χ2v) is 5.73. The molecule has 1 aromatic carbocycles. The van der Waals surface area contributed by atoms with Gasteiger partial charge in [0.2, 0.25) is 0 Å². The molecule has 0 spiro atoms. The Balaban J connectivity index is 0.00000242. The van der Waals surface area contributed by atoms with Gasteiger partial charge in [-0.15, -0.1) is 12.4 Å². The minimum absolute atomic E-state index is 0. The van der Waals surface area contributed by atoms with Gasteiger partial charge in [0, 0.05) is 37.2 Å². The fraction of sp³-hybridized carbons (Fsp3) is 0.600. The number of halogens is 5. The van der Waals surface area contributed by atoms with Gasteiger partial charge in [-0.2, -0.15) is 13.2 Å². The summed E-state index contributed by atoms with van der Waals surface area (Å²) < 4.78 is 38.8. The van der Waals surface area contributed by atoms with Crippen LogP contribution in [0.2, 0.25) is 5.02 Å². The first-order valence-corrected chi connectivity index (χ1v) is 7.62. The molecule has 0 radical (unpaired) electrons. The van der Waals surface area contributed by atoms with Crippen molar-refractivity contribution in [2.45, 2.75) is 32.0 Å². The molecule has 1 aliphatic rings. The van der Waals surface area contributed by atoms with E-state index in [1.807, 2.05) is 6.92 Å².